The van der Waals surface area contributed by atoms with Crippen molar-refractivity contribution in [3.63, 3.8) is 0 Å². The van der Waals surface area contributed by atoms with Crippen LogP contribution in [0.4, 0.5) is 0 Å². The Bertz CT molecular complexity index is 288. The van der Waals surface area contributed by atoms with Crippen molar-refractivity contribution >= 4 is 0 Å². The first kappa shape index (κ1) is 11.9. The van der Waals surface area contributed by atoms with Gasteiger partial charge in [-0.15, -0.1) is 0 Å². The lowest BCUT2D eigenvalue weighted by Crippen LogP contribution is -2.15. The second kappa shape index (κ2) is 5.61. The molecule has 0 heterocycles. The van der Waals surface area contributed by atoms with E-state index in [9.17, 15) is 0 Å². The number of methoxy groups -OCH3 is 2. The molecule has 0 amide bonds. The van der Waals surface area contributed by atoms with Crippen LogP contribution >= 0.6 is 0 Å². The minimum Gasteiger partial charge on any atom is -0.496 e. The summed E-state index contributed by atoms with van der Waals surface area (Å²) in [6, 6.07) is 6.00. The third-order valence-electron chi connectivity index (χ3n) is 2.38. The molecule has 0 aliphatic heterocycles. The van der Waals surface area contributed by atoms with Gasteiger partial charge in [0, 0.05) is 11.6 Å². The molecule has 84 valence electrons. The van der Waals surface area contributed by atoms with E-state index in [4.69, 9.17) is 15.2 Å². The lowest BCUT2D eigenvalue weighted by Gasteiger charge is -2.13. The highest BCUT2D eigenvalue weighted by Gasteiger charge is 2.09. The molecule has 0 unspecified atom stereocenters. The maximum absolute atomic E-state index is 5.74. The summed E-state index contributed by atoms with van der Waals surface area (Å²) in [5.74, 6) is 1.74. The molecule has 0 saturated carbocycles. The monoisotopic (exact) mass is 209 g/mol. The summed E-state index contributed by atoms with van der Waals surface area (Å²) >= 11 is 0. The second-order valence-corrected chi connectivity index (χ2v) is 3.66. The molecule has 1 aromatic rings. The van der Waals surface area contributed by atoms with Crippen LogP contribution in [0.2, 0.25) is 0 Å². The molecule has 0 aromatic heterocycles. The molecule has 2 N–H and O–H groups in total. The van der Waals surface area contributed by atoms with Gasteiger partial charge in [-0.05, 0) is 31.9 Å². The maximum Gasteiger partial charge on any atom is 0.125 e. The third-order valence-corrected chi connectivity index (χ3v) is 2.38. The number of ether oxygens (including phenoxy) is 2. The fourth-order valence-corrected chi connectivity index (χ4v) is 1.55. The molecule has 0 spiro atoms. The van der Waals surface area contributed by atoms with Gasteiger partial charge < -0.3 is 15.2 Å². The Morgan fingerprint density at radius 3 is 2.13 bits per heavy atom. The first-order valence-electron chi connectivity index (χ1n) is 5.14. The van der Waals surface area contributed by atoms with E-state index in [0.29, 0.717) is 0 Å². The molecule has 0 fully saturated rings. The quantitative estimate of drug-likeness (QED) is 0.806. The fourth-order valence-electron chi connectivity index (χ4n) is 1.55. The Hall–Kier alpha value is -1.22. The van der Waals surface area contributed by atoms with Gasteiger partial charge in [0.25, 0.3) is 0 Å². The molecule has 3 heteroatoms. The highest BCUT2D eigenvalue weighted by molar-refractivity contribution is 5.44. The Labute approximate surface area is 91.2 Å². The predicted molar refractivity (Wildman–Crippen MR) is 61.5 cm³/mol. The van der Waals surface area contributed by atoms with Crippen LogP contribution in [0.15, 0.2) is 18.2 Å². The molecule has 0 radical (unpaired) electrons. The van der Waals surface area contributed by atoms with E-state index in [1.807, 2.05) is 25.1 Å². The van der Waals surface area contributed by atoms with Gasteiger partial charge in [-0.25, -0.2) is 0 Å². The highest BCUT2D eigenvalue weighted by atomic mass is 16.5. The van der Waals surface area contributed by atoms with Crippen LogP contribution < -0.4 is 15.2 Å². The summed E-state index contributed by atoms with van der Waals surface area (Å²) in [5.41, 5.74) is 6.84. The molecular weight excluding hydrogens is 190 g/mol. The lowest BCUT2D eigenvalue weighted by atomic mass is 10.0. The Balaban J connectivity index is 2.89. The van der Waals surface area contributed by atoms with Gasteiger partial charge in [0.2, 0.25) is 0 Å². The van der Waals surface area contributed by atoms with Crippen LogP contribution in [0.1, 0.15) is 18.9 Å². The van der Waals surface area contributed by atoms with E-state index in [2.05, 4.69) is 0 Å². The number of nitrogens with two attached hydrogens (primary N) is 1. The van der Waals surface area contributed by atoms with E-state index in [1.165, 1.54) is 0 Å². The van der Waals surface area contributed by atoms with Gasteiger partial charge in [0.1, 0.15) is 11.5 Å². The molecule has 0 aliphatic carbocycles. The van der Waals surface area contributed by atoms with Crippen molar-refractivity contribution in [3.05, 3.63) is 23.8 Å². The van der Waals surface area contributed by atoms with Crippen molar-refractivity contribution < 1.29 is 9.47 Å². The molecule has 1 atom stereocenters. The zero-order chi connectivity index (χ0) is 11.3. The number of hydrogen-bond donors (Lipinski definition) is 1. The van der Waals surface area contributed by atoms with Gasteiger partial charge in [-0.2, -0.15) is 0 Å². The summed E-state index contributed by atoms with van der Waals surface area (Å²) < 4.78 is 10.6. The number of benzene rings is 1. The van der Waals surface area contributed by atoms with Crippen LogP contribution in [0.3, 0.4) is 0 Å². The highest BCUT2D eigenvalue weighted by Crippen LogP contribution is 2.29. The zero-order valence-corrected chi connectivity index (χ0v) is 9.62. The first-order chi connectivity index (χ1) is 7.19. The average Bonchev–Trinajstić information content (AvgIpc) is 2.25. The van der Waals surface area contributed by atoms with Crippen LogP contribution in [-0.4, -0.2) is 20.3 Å². The minimum atomic E-state index is 0.194. The molecule has 0 bridgehead atoms. The van der Waals surface area contributed by atoms with Gasteiger partial charge >= 0.3 is 0 Å². The topological polar surface area (TPSA) is 44.5 Å². The van der Waals surface area contributed by atoms with Crippen molar-refractivity contribution in [2.75, 3.05) is 14.2 Å². The SMILES string of the molecule is COc1cccc(OC)c1CC[C@@H](C)N. The van der Waals surface area contributed by atoms with Crippen molar-refractivity contribution in [2.45, 2.75) is 25.8 Å². The summed E-state index contributed by atoms with van der Waals surface area (Å²) in [6.45, 7) is 2.00. The van der Waals surface area contributed by atoms with E-state index >= 15 is 0 Å². The summed E-state index contributed by atoms with van der Waals surface area (Å²) in [7, 11) is 3.34. The fraction of sp³-hybridized carbons (Fsp3) is 0.500. The smallest absolute Gasteiger partial charge is 0.125 e. The third kappa shape index (κ3) is 3.13. The molecule has 0 aliphatic rings. The zero-order valence-electron chi connectivity index (χ0n) is 9.62. The molecule has 1 aromatic carbocycles. The first-order valence-corrected chi connectivity index (χ1v) is 5.14. The Morgan fingerprint density at radius 1 is 1.20 bits per heavy atom. The van der Waals surface area contributed by atoms with Crippen LogP contribution in [-0.2, 0) is 6.42 Å². The van der Waals surface area contributed by atoms with E-state index in [0.717, 1.165) is 29.9 Å². The van der Waals surface area contributed by atoms with Crippen LogP contribution in [0.25, 0.3) is 0 Å². The molecule has 15 heavy (non-hydrogen) atoms. The molecular formula is C12H19NO2. The second-order valence-electron chi connectivity index (χ2n) is 3.66. The number of rotatable bonds is 5. The van der Waals surface area contributed by atoms with E-state index in [1.54, 1.807) is 14.2 Å². The van der Waals surface area contributed by atoms with Crippen LogP contribution in [0, 0.1) is 0 Å². The Morgan fingerprint density at radius 2 is 1.73 bits per heavy atom. The van der Waals surface area contributed by atoms with E-state index in [-0.39, 0.29) is 6.04 Å². The van der Waals surface area contributed by atoms with Crippen molar-refractivity contribution in [1.29, 1.82) is 0 Å². The maximum atomic E-state index is 5.74. The summed E-state index contributed by atoms with van der Waals surface area (Å²) in [5, 5.41) is 0. The number of hydrogen-bond acceptors (Lipinski definition) is 3. The molecule has 3 nitrogen and oxygen atoms in total. The van der Waals surface area contributed by atoms with E-state index < -0.39 is 0 Å². The normalized spacial score (nSPS) is 12.3. The van der Waals surface area contributed by atoms with Gasteiger partial charge in [-0.3, -0.25) is 0 Å². The summed E-state index contributed by atoms with van der Waals surface area (Å²) in [4.78, 5) is 0. The summed E-state index contributed by atoms with van der Waals surface area (Å²) in [6.07, 6.45) is 1.81. The van der Waals surface area contributed by atoms with Gasteiger partial charge in [0.05, 0.1) is 14.2 Å². The minimum absolute atomic E-state index is 0.194. The predicted octanol–water partition coefficient (Wildman–Crippen LogP) is 1.98. The van der Waals surface area contributed by atoms with Crippen molar-refractivity contribution in [1.82, 2.24) is 0 Å². The van der Waals surface area contributed by atoms with Crippen molar-refractivity contribution in [2.24, 2.45) is 5.73 Å². The Kier molecular flexibility index (Phi) is 4.43. The molecule has 0 saturated heterocycles. The van der Waals surface area contributed by atoms with Gasteiger partial charge in [0.15, 0.2) is 0 Å². The van der Waals surface area contributed by atoms with Crippen molar-refractivity contribution in [3.8, 4) is 11.5 Å². The standard InChI is InChI=1S/C12H19NO2/c1-9(13)7-8-10-11(14-2)5-4-6-12(10)15-3/h4-6,9H,7-8,13H2,1-3H3/t9-/m1/s1. The largest absolute Gasteiger partial charge is 0.496 e. The van der Waals surface area contributed by atoms with Crippen LogP contribution in [0.5, 0.6) is 11.5 Å². The molecule has 1 rings (SSSR count). The van der Waals surface area contributed by atoms with Gasteiger partial charge in [-0.1, -0.05) is 6.07 Å². The lowest BCUT2D eigenvalue weighted by molar-refractivity contribution is 0.383. The average molecular weight is 209 g/mol.